The lowest BCUT2D eigenvalue weighted by molar-refractivity contribution is 0.277. The molecule has 17 nitrogen and oxygen atoms in total. The van der Waals surface area contributed by atoms with Gasteiger partial charge in [0.2, 0.25) is 0 Å². The van der Waals surface area contributed by atoms with E-state index in [2.05, 4.69) is 19.9 Å². The fourth-order valence-corrected chi connectivity index (χ4v) is 7.13. The normalized spacial score (nSPS) is 11.1. The van der Waals surface area contributed by atoms with Crippen molar-refractivity contribution in [3.05, 3.63) is 159 Å². The smallest absolute Gasteiger partial charge is 0.332 e. The van der Waals surface area contributed by atoms with E-state index in [1.54, 1.807) is 78.1 Å². The molecule has 340 valence electrons. The number of fused-ring (bicyclic) bond motifs is 2. The van der Waals surface area contributed by atoms with E-state index in [0.717, 1.165) is 39.9 Å². The fraction of sp³-hybridized carbons (Fsp3) is 0.304. The van der Waals surface area contributed by atoms with Crippen molar-refractivity contribution >= 4 is 45.5 Å². The molecular formula is C46H50Cl2N10O7. The second-order valence-electron chi connectivity index (χ2n) is 15.1. The first-order valence-electron chi connectivity index (χ1n) is 20.5. The lowest BCUT2D eigenvalue weighted by Crippen LogP contribution is -2.39. The maximum Gasteiger partial charge on any atom is 0.332 e. The van der Waals surface area contributed by atoms with E-state index in [1.807, 2.05) is 51.1 Å². The Morgan fingerprint density at radius 3 is 1.34 bits per heavy atom. The summed E-state index contributed by atoms with van der Waals surface area (Å²) in [5.41, 5.74) is 2.74. The maximum atomic E-state index is 13.4. The van der Waals surface area contributed by atoms with Crippen LogP contribution in [0.1, 0.15) is 56.1 Å². The van der Waals surface area contributed by atoms with Gasteiger partial charge in [0.25, 0.3) is 11.1 Å². The number of nitrogens with zero attached hydrogens (tertiary/aromatic N) is 10. The molecule has 8 rings (SSSR count). The molecule has 0 aliphatic heterocycles. The summed E-state index contributed by atoms with van der Waals surface area (Å²) < 4.78 is 20.4. The molecule has 0 aliphatic carbocycles. The van der Waals surface area contributed by atoms with E-state index in [9.17, 15) is 24.3 Å². The number of aliphatic hydroxyl groups is 1. The Hall–Kier alpha value is -6.82. The zero-order chi connectivity index (χ0) is 45.7. The molecule has 0 aliphatic rings. The van der Waals surface area contributed by atoms with Gasteiger partial charge in [-0.25, -0.2) is 9.59 Å². The zero-order valence-electron chi connectivity index (χ0n) is 35.9. The van der Waals surface area contributed by atoms with Crippen molar-refractivity contribution in [1.82, 2.24) is 47.3 Å². The second kappa shape index (κ2) is 20.8. The third kappa shape index (κ3) is 10.4. The maximum absolute atomic E-state index is 13.4. The third-order valence-corrected chi connectivity index (χ3v) is 10.9. The predicted octanol–water partition coefficient (Wildman–Crippen LogP) is 7.01. The third-order valence-electron chi connectivity index (χ3n) is 10.4. The van der Waals surface area contributed by atoms with Crippen molar-refractivity contribution in [2.24, 2.45) is 14.1 Å². The fourth-order valence-electron chi connectivity index (χ4n) is 6.88. The highest BCUT2D eigenvalue weighted by atomic mass is 35.5. The van der Waals surface area contributed by atoms with E-state index in [4.69, 9.17) is 32.7 Å². The first-order chi connectivity index (χ1) is 30.8. The molecule has 0 radical (unpaired) electrons. The highest BCUT2D eigenvalue weighted by Gasteiger charge is 2.24. The van der Waals surface area contributed by atoms with Crippen LogP contribution in [0.5, 0.6) is 23.5 Å². The monoisotopic (exact) mass is 924 g/mol. The van der Waals surface area contributed by atoms with Gasteiger partial charge in [-0.3, -0.25) is 47.0 Å². The summed E-state index contributed by atoms with van der Waals surface area (Å²) in [6.45, 7) is 6.68. The summed E-state index contributed by atoms with van der Waals surface area (Å²) in [7, 11) is 3.17. The SMILES string of the molecule is C.CCCCn1c(=O)c2c(nc(Oc3ccc(C)nc3)n2Cc2ccc(Cl)cc2)n(C)c1=O.Cc1ccc(Oc2nc3c(c(=O)n(CCCO)c(=O)n3C)n2Cc2ccc(Cl)cc2)cn1. The lowest BCUT2D eigenvalue weighted by atomic mass is 10.2. The molecule has 0 unspecified atom stereocenters. The Morgan fingerprint density at radius 2 is 0.985 bits per heavy atom. The van der Waals surface area contributed by atoms with Gasteiger partial charge in [0.15, 0.2) is 22.3 Å². The number of aromatic nitrogens is 10. The van der Waals surface area contributed by atoms with Gasteiger partial charge in [-0.15, -0.1) is 0 Å². The van der Waals surface area contributed by atoms with Gasteiger partial charge < -0.3 is 14.6 Å². The van der Waals surface area contributed by atoms with Crippen LogP contribution < -0.4 is 32.0 Å². The number of benzene rings is 2. The Morgan fingerprint density at radius 1 is 0.585 bits per heavy atom. The molecule has 2 aromatic carbocycles. The van der Waals surface area contributed by atoms with Gasteiger partial charge in [0, 0.05) is 55.2 Å². The van der Waals surface area contributed by atoms with Crippen LogP contribution in [-0.4, -0.2) is 59.1 Å². The predicted molar refractivity (Wildman–Crippen MR) is 251 cm³/mol. The molecule has 0 amide bonds. The van der Waals surface area contributed by atoms with Gasteiger partial charge in [0.05, 0.1) is 25.5 Å². The molecule has 0 fully saturated rings. The molecule has 19 heteroatoms. The Labute approximate surface area is 383 Å². The van der Waals surface area contributed by atoms with E-state index >= 15 is 0 Å². The quantitative estimate of drug-likeness (QED) is 0.118. The van der Waals surface area contributed by atoms with Crippen molar-refractivity contribution in [2.75, 3.05) is 6.61 Å². The number of aryl methyl sites for hydroxylation is 4. The largest absolute Gasteiger partial charge is 0.424 e. The van der Waals surface area contributed by atoms with Crippen LogP contribution in [0.25, 0.3) is 22.3 Å². The van der Waals surface area contributed by atoms with Crippen LogP contribution >= 0.6 is 23.2 Å². The number of rotatable bonds is 14. The summed E-state index contributed by atoms with van der Waals surface area (Å²) in [5, 5.41) is 10.4. The second-order valence-corrected chi connectivity index (χ2v) is 15.9. The van der Waals surface area contributed by atoms with Crippen LogP contribution in [0, 0.1) is 13.8 Å². The number of halogens is 2. The summed E-state index contributed by atoms with van der Waals surface area (Å²) in [4.78, 5) is 69.7. The number of imidazole rings is 2. The van der Waals surface area contributed by atoms with Crippen molar-refractivity contribution < 1.29 is 14.6 Å². The van der Waals surface area contributed by atoms with Gasteiger partial charge in [-0.05, 0) is 86.3 Å². The minimum atomic E-state index is -0.504. The highest BCUT2D eigenvalue weighted by Crippen LogP contribution is 2.27. The van der Waals surface area contributed by atoms with Gasteiger partial charge in [-0.1, -0.05) is 68.2 Å². The number of hydrogen-bond acceptors (Lipinski definition) is 11. The van der Waals surface area contributed by atoms with Crippen LogP contribution in [-0.2, 0) is 40.3 Å². The number of hydrogen-bond donors (Lipinski definition) is 1. The molecule has 0 atom stereocenters. The highest BCUT2D eigenvalue weighted by molar-refractivity contribution is 6.30. The summed E-state index contributed by atoms with van der Waals surface area (Å²) >= 11 is 12.0. The first-order valence-corrected chi connectivity index (χ1v) is 21.2. The number of ether oxygens (including phenoxy) is 2. The Kier molecular flexibility index (Phi) is 15.2. The minimum Gasteiger partial charge on any atom is -0.424 e. The standard InChI is InChI=1S/C23H24ClN5O3.C22H22ClN5O4.CH4/c1-4-5-12-28-21(30)19-20(27(3)23(28)31)26-22(32-18-11-6-15(2)25-13-18)29(19)14-16-7-9-17(24)10-8-16;1-14-4-9-17(12-24-14)32-21-25-19-18(28(21)13-15-5-7-16(23)8-6-15)20(30)27(10-3-11-29)22(31)26(19)2;/h6-11,13H,4-5,12,14H2,1-3H3;4-9,12,29H,3,10-11,13H2,1-2H3;1H4. The van der Waals surface area contributed by atoms with Gasteiger partial charge in [0.1, 0.15) is 11.5 Å². The lowest BCUT2D eigenvalue weighted by Gasteiger charge is -2.11. The Bertz CT molecular complexity index is 2960. The average Bonchev–Trinajstić information content (AvgIpc) is 3.83. The summed E-state index contributed by atoms with van der Waals surface area (Å²) in [5.74, 6) is 0.938. The summed E-state index contributed by atoms with van der Waals surface area (Å²) in [6, 6.07) is 22.1. The molecule has 1 N–H and O–H groups in total. The minimum absolute atomic E-state index is 0. The molecule has 0 bridgehead atoms. The molecule has 6 heterocycles. The van der Waals surface area contributed by atoms with Crippen molar-refractivity contribution in [2.45, 2.75) is 73.6 Å². The Balaban J connectivity index is 0.000000212. The van der Waals surface area contributed by atoms with Gasteiger partial charge >= 0.3 is 23.4 Å². The number of aliphatic hydroxyl groups excluding tert-OH is 1. The van der Waals surface area contributed by atoms with Crippen molar-refractivity contribution in [1.29, 1.82) is 0 Å². The van der Waals surface area contributed by atoms with E-state index < -0.39 is 16.9 Å². The average molecular weight is 926 g/mol. The van der Waals surface area contributed by atoms with Crippen molar-refractivity contribution in [3.63, 3.8) is 0 Å². The van der Waals surface area contributed by atoms with Crippen LogP contribution in [0.15, 0.2) is 104 Å². The van der Waals surface area contributed by atoms with Gasteiger partial charge in [-0.2, -0.15) is 9.97 Å². The molecule has 0 saturated heterocycles. The van der Waals surface area contributed by atoms with Crippen molar-refractivity contribution in [3.8, 4) is 23.5 Å². The van der Waals surface area contributed by atoms with E-state index in [0.29, 0.717) is 40.2 Å². The first kappa shape index (κ1) is 47.7. The molecule has 0 saturated carbocycles. The number of unbranched alkanes of at least 4 members (excludes halogenated alkanes) is 1. The zero-order valence-corrected chi connectivity index (χ0v) is 37.4. The van der Waals surface area contributed by atoms with E-state index in [-0.39, 0.29) is 67.9 Å². The molecule has 65 heavy (non-hydrogen) atoms. The number of pyridine rings is 2. The van der Waals surface area contributed by atoms with E-state index in [1.165, 1.54) is 13.7 Å². The van der Waals surface area contributed by atoms with Crippen LogP contribution in [0.4, 0.5) is 0 Å². The molecular weight excluding hydrogens is 875 g/mol. The topological polar surface area (TPSA) is 188 Å². The molecule has 8 aromatic rings. The molecule has 6 aromatic heterocycles. The van der Waals surface area contributed by atoms with Crippen LogP contribution in [0.2, 0.25) is 10.0 Å². The summed E-state index contributed by atoms with van der Waals surface area (Å²) in [6.07, 6.45) is 5.04. The molecule has 0 spiro atoms. The van der Waals surface area contributed by atoms with Crippen LogP contribution in [0.3, 0.4) is 0 Å².